The number of aryl methyl sites for hydroxylation is 2. The van der Waals surface area contributed by atoms with Crippen molar-refractivity contribution in [1.82, 2.24) is 4.90 Å². The molecule has 1 aromatic heterocycles. The first-order valence-corrected chi connectivity index (χ1v) is 8.10. The second-order valence-electron chi connectivity index (χ2n) is 6.03. The van der Waals surface area contributed by atoms with Gasteiger partial charge in [0.25, 0.3) is 0 Å². The smallest absolute Gasteiger partial charge is 0.321 e. The van der Waals surface area contributed by atoms with Crippen LogP contribution in [-0.4, -0.2) is 24.0 Å². The summed E-state index contributed by atoms with van der Waals surface area (Å²) in [5.74, 6) is 0.882. The maximum atomic E-state index is 12.5. The molecule has 1 unspecified atom stereocenters. The molecule has 5 heteroatoms. The molecule has 1 aliphatic rings. The summed E-state index contributed by atoms with van der Waals surface area (Å²) in [6.07, 6.45) is 2.56. The number of para-hydroxylation sites is 1. The number of benzene rings is 1. The van der Waals surface area contributed by atoms with Gasteiger partial charge in [-0.25, -0.2) is 4.79 Å². The molecule has 1 N–H and O–H groups in total. The highest BCUT2D eigenvalue weighted by Gasteiger charge is 2.24. The van der Waals surface area contributed by atoms with E-state index in [0.717, 1.165) is 41.6 Å². The van der Waals surface area contributed by atoms with Gasteiger partial charge in [-0.1, -0.05) is 19.1 Å². The largest absolute Gasteiger partial charge is 0.459 e. The fourth-order valence-electron chi connectivity index (χ4n) is 3.19. The van der Waals surface area contributed by atoms with Crippen LogP contribution in [0, 0.1) is 24.2 Å². The van der Waals surface area contributed by atoms with Crippen molar-refractivity contribution in [3.8, 4) is 6.07 Å². The highest BCUT2D eigenvalue weighted by Crippen LogP contribution is 2.31. The van der Waals surface area contributed by atoms with E-state index >= 15 is 0 Å². The Morgan fingerprint density at radius 1 is 1.52 bits per heavy atom. The zero-order valence-electron chi connectivity index (χ0n) is 13.6. The number of piperidine rings is 1. The fraction of sp³-hybridized carbons (Fsp3) is 0.444. The molecule has 0 bridgehead atoms. The number of urea groups is 1. The van der Waals surface area contributed by atoms with Crippen molar-refractivity contribution in [2.24, 2.45) is 5.92 Å². The molecule has 1 aromatic carbocycles. The molecule has 1 atom stereocenters. The van der Waals surface area contributed by atoms with E-state index in [0.29, 0.717) is 18.8 Å². The summed E-state index contributed by atoms with van der Waals surface area (Å²) in [7, 11) is 0. The SMILES string of the molecule is CCc1oc2c(NC(=O)N3CCCC(C#N)C3)cccc2c1C. The number of fused-ring (bicyclic) bond motifs is 1. The molecule has 1 saturated heterocycles. The normalized spacial score (nSPS) is 18.0. The topological polar surface area (TPSA) is 69.3 Å². The number of nitrogens with zero attached hydrogens (tertiary/aromatic N) is 2. The van der Waals surface area contributed by atoms with Crippen LogP contribution >= 0.6 is 0 Å². The Morgan fingerprint density at radius 3 is 3.09 bits per heavy atom. The number of anilines is 1. The Morgan fingerprint density at radius 2 is 2.35 bits per heavy atom. The summed E-state index contributed by atoms with van der Waals surface area (Å²) in [4.78, 5) is 14.2. The van der Waals surface area contributed by atoms with E-state index in [1.54, 1.807) is 4.90 Å². The number of carbonyl (C=O) groups is 1. The molecule has 2 heterocycles. The average Bonchev–Trinajstić information content (AvgIpc) is 2.92. The summed E-state index contributed by atoms with van der Waals surface area (Å²) in [5, 5.41) is 13.0. The predicted octanol–water partition coefficient (Wildman–Crippen LogP) is 4.07. The van der Waals surface area contributed by atoms with Gasteiger partial charge < -0.3 is 14.6 Å². The zero-order valence-corrected chi connectivity index (χ0v) is 13.6. The molecule has 2 aromatic rings. The number of hydrogen-bond donors (Lipinski definition) is 1. The maximum absolute atomic E-state index is 12.5. The van der Waals surface area contributed by atoms with Crippen molar-refractivity contribution in [1.29, 1.82) is 5.26 Å². The van der Waals surface area contributed by atoms with Gasteiger partial charge in [-0.3, -0.25) is 0 Å². The van der Waals surface area contributed by atoms with Gasteiger partial charge in [-0.2, -0.15) is 5.26 Å². The van der Waals surface area contributed by atoms with Crippen LogP contribution in [0.15, 0.2) is 22.6 Å². The van der Waals surface area contributed by atoms with Crippen LogP contribution in [0.5, 0.6) is 0 Å². The minimum Gasteiger partial charge on any atom is -0.459 e. The molecule has 120 valence electrons. The van der Waals surface area contributed by atoms with Gasteiger partial charge in [-0.15, -0.1) is 0 Å². The minimum atomic E-state index is -0.162. The molecule has 0 spiro atoms. The Balaban J connectivity index is 1.84. The van der Waals surface area contributed by atoms with Crippen LogP contribution in [0.3, 0.4) is 0 Å². The van der Waals surface area contributed by atoms with Gasteiger partial charge in [-0.05, 0) is 31.4 Å². The van der Waals surface area contributed by atoms with E-state index in [9.17, 15) is 4.79 Å². The van der Waals surface area contributed by atoms with Gasteiger partial charge in [0.15, 0.2) is 5.58 Å². The molecule has 0 radical (unpaired) electrons. The van der Waals surface area contributed by atoms with Crippen LogP contribution < -0.4 is 5.32 Å². The summed E-state index contributed by atoms with van der Waals surface area (Å²) in [6.45, 7) is 5.28. The summed E-state index contributed by atoms with van der Waals surface area (Å²) in [5.41, 5.74) is 2.54. The highest BCUT2D eigenvalue weighted by molar-refractivity contribution is 6.00. The molecular formula is C18H21N3O2. The molecule has 0 saturated carbocycles. The van der Waals surface area contributed by atoms with Crippen LogP contribution in [0.4, 0.5) is 10.5 Å². The number of furan rings is 1. The lowest BCUT2D eigenvalue weighted by Gasteiger charge is -2.29. The van der Waals surface area contributed by atoms with Crippen molar-refractivity contribution >= 4 is 22.7 Å². The monoisotopic (exact) mass is 311 g/mol. The quantitative estimate of drug-likeness (QED) is 0.909. The molecule has 23 heavy (non-hydrogen) atoms. The lowest BCUT2D eigenvalue weighted by atomic mass is 10.0. The number of nitrogens with one attached hydrogen (secondary N) is 1. The fourth-order valence-corrected chi connectivity index (χ4v) is 3.19. The van der Waals surface area contributed by atoms with E-state index in [2.05, 4.69) is 18.3 Å². The molecular weight excluding hydrogens is 290 g/mol. The Hall–Kier alpha value is -2.48. The van der Waals surface area contributed by atoms with Gasteiger partial charge in [0.1, 0.15) is 5.76 Å². The van der Waals surface area contributed by atoms with Gasteiger partial charge in [0, 0.05) is 24.9 Å². The Labute approximate surface area is 135 Å². The van der Waals surface area contributed by atoms with E-state index in [-0.39, 0.29) is 11.9 Å². The highest BCUT2D eigenvalue weighted by atomic mass is 16.3. The second-order valence-corrected chi connectivity index (χ2v) is 6.03. The van der Waals surface area contributed by atoms with E-state index in [1.807, 2.05) is 25.1 Å². The van der Waals surface area contributed by atoms with Crippen molar-refractivity contribution in [2.75, 3.05) is 18.4 Å². The first-order valence-electron chi connectivity index (χ1n) is 8.10. The minimum absolute atomic E-state index is 0.0668. The number of likely N-dealkylation sites (tertiary alicyclic amines) is 1. The average molecular weight is 311 g/mol. The summed E-state index contributed by atoms with van der Waals surface area (Å²) >= 11 is 0. The molecule has 2 amide bonds. The van der Waals surface area contributed by atoms with Crippen molar-refractivity contribution in [2.45, 2.75) is 33.1 Å². The summed E-state index contributed by atoms with van der Waals surface area (Å²) < 4.78 is 5.92. The number of amides is 2. The summed E-state index contributed by atoms with van der Waals surface area (Å²) in [6, 6.07) is 7.89. The maximum Gasteiger partial charge on any atom is 0.321 e. The third kappa shape index (κ3) is 2.89. The molecule has 0 aliphatic carbocycles. The zero-order chi connectivity index (χ0) is 16.4. The number of carbonyl (C=O) groups excluding carboxylic acids is 1. The van der Waals surface area contributed by atoms with E-state index in [1.165, 1.54) is 0 Å². The first-order chi connectivity index (χ1) is 11.1. The van der Waals surface area contributed by atoms with Gasteiger partial charge in [0.2, 0.25) is 0 Å². The van der Waals surface area contributed by atoms with E-state index in [4.69, 9.17) is 9.68 Å². The molecule has 1 fully saturated rings. The van der Waals surface area contributed by atoms with Crippen molar-refractivity contribution in [3.05, 3.63) is 29.5 Å². The van der Waals surface area contributed by atoms with Crippen molar-refractivity contribution < 1.29 is 9.21 Å². The molecule has 5 nitrogen and oxygen atoms in total. The molecule has 3 rings (SSSR count). The van der Waals surface area contributed by atoms with E-state index < -0.39 is 0 Å². The molecule has 1 aliphatic heterocycles. The lowest BCUT2D eigenvalue weighted by molar-refractivity contribution is 0.189. The number of nitriles is 1. The van der Waals surface area contributed by atoms with Crippen LogP contribution in [0.2, 0.25) is 0 Å². The Kier molecular flexibility index (Phi) is 4.24. The van der Waals surface area contributed by atoms with Gasteiger partial charge in [0.05, 0.1) is 17.7 Å². The first kappa shape index (κ1) is 15.4. The number of rotatable bonds is 2. The second kappa shape index (κ2) is 6.33. The van der Waals surface area contributed by atoms with Crippen LogP contribution in [-0.2, 0) is 6.42 Å². The van der Waals surface area contributed by atoms with Gasteiger partial charge >= 0.3 is 6.03 Å². The predicted molar refractivity (Wildman–Crippen MR) is 89.3 cm³/mol. The third-order valence-corrected chi connectivity index (χ3v) is 4.52. The standard InChI is InChI=1S/C18H21N3O2/c1-3-16-12(2)14-7-4-8-15(17(14)23-16)20-18(22)21-9-5-6-13(10-19)11-21/h4,7-8,13H,3,5-6,9,11H2,1-2H3,(H,20,22). The Bertz CT molecular complexity index is 772. The van der Waals surface area contributed by atoms with Crippen LogP contribution in [0.1, 0.15) is 31.1 Å². The lowest BCUT2D eigenvalue weighted by Crippen LogP contribution is -2.42. The van der Waals surface area contributed by atoms with Crippen molar-refractivity contribution in [3.63, 3.8) is 0 Å². The van der Waals surface area contributed by atoms with Crippen LogP contribution in [0.25, 0.3) is 11.0 Å². The third-order valence-electron chi connectivity index (χ3n) is 4.52. The number of hydrogen-bond acceptors (Lipinski definition) is 3.